The van der Waals surface area contributed by atoms with Crippen LogP contribution in [0.3, 0.4) is 0 Å². The quantitative estimate of drug-likeness (QED) is 0.643. The molecule has 3 N–H and O–H groups in total. The lowest BCUT2D eigenvalue weighted by atomic mass is 9.93. The van der Waals surface area contributed by atoms with E-state index in [-0.39, 0.29) is 18.6 Å². The van der Waals surface area contributed by atoms with Crippen molar-refractivity contribution in [2.45, 2.75) is 44.6 Å². The summed E-state index contributed by atoms with van der Waals surface area (Å²) in [7, 11) is -4.07. The summed E-state index contributed by atoms with van der Waals surface area (Å²) < 4.78 is 29.9. The van der Waals surface area contributed by atoms with Gasteiger partial charge < -0.3 is 10.4 Å². The Morgan fingerprint density at radius 1 is 1.29 bits per heavy atom. The summed E-state index contributed by atoms with van der Waals surface area (Å²) in [4.78, 5) is 12.0. The van der Waals surface area contributed by atoms with Gasteiger partial charge in [-0.2, -0.15) is 8.42 Å². The van der Waals surface area contributed by atoms with Crippen LogP contribution in [-0.4, -0.2) is 42.4 Å². The lowest BCUT2D eigenvalue weighted by Crippen LogP contribution is -2.32. The van der Waals surface area contributed by atoms with E-state index in [4.69, 9.17) is 4.55 Å². The molecule has 1 aliphatic carbocycles. The van der Waals surface area contributed by atoms with Gasteiger partial charge in [-0.3, -0.25) is 9.35 Å². The molecular weight excluding hydrogens is 330 g/mol. The highest BCUT2D eigenvalue weighted by Crippen LogP contribution is 2.29. The summed E-state index contributed by atoms with van der Waals surface area (Å²) in [6.07, 6.45) is 3.64. The Morgan fingerprint density at radius 2 is 1.96 bits per heavy atom. The Morgan fingerprint density at radius 3 is 2.50 bits per heavy atom. The van der Waals surface area contributed by atoms with Gasteiger partial charge in [-0.1, -0.05) is 30.7 Å². The fraction of sp³-hybridized carbons (Fsp3) is 0.588. The molecule has 3 unspecified atom stereocenters. The van der Waals surface area contributed by atoms with E-state index in [0.29, 0.717) is 5.92 Å². The number of nitrogens with one attached hydrogen (secondary N) is 1. The molecule has 0 saturated heterocycles. The Bertz CT molecular complexity index is 656. The van der Waals surface area contributed by atoms with Crippen molar-refractivity contribution in [2.75, 3.05) is 12.3 Å². The molecule has 0 radical (unpaired) electrons. The zero-order valence-corrected chi connectivity index (χ0v) is 14.6. The van der Waals surface area contributed by atoms with E-state index in [0.717, 1.165) is 36.8 Å². The van der Waals surface area contributed by atoms with Gasteiger partial charge in [-0.25, -0.2) is 0 Å². The van der Waals surface area contributed by atoms with E-state index in [1.165, 1.54) is 0 Å². The number of benzene rings is 1. The Kier molecular flexibility index (Phi) is 6.37. The molecule has 1 aliphatic rings. The highest BCUT2D eigenvalue weighted by atomic mass is 32.2. The second-order valence-electron chi connectivity index (χ2n) is 6.50. The fourth-order valence-corrected chi connectivity index (χ4v) is 3.47. The molecule has 24 heavy (non-hydrogen) atoms. The minimum atomic E-state index is -4.07. The molecule has 6 nitrogen and oxygen atoms in total. The molecule has 2 rings (SSSR count). The number of aliphatic hydroxyl groups is 1. The van der Waals surface area contributed by atoms with Gasteiger partial charge in [-0.05, 0) is 43.2 Å². The van der Waals surface area contributed by atoms with E-state index in [9.17, 15) is 18.3 Å². The summed E-state index contributed by atoms with van der Waals surface area (Å²) >= 11 is 0. The molecule has 134 valence electrons. The van der Waals surface area contributed by atoms with E-state index in [2.05, 4.69) is 5.32 Å². The van der Waals surface area contributed by atoms with Crippen LogP contribution in [0.5, 0.6) is 0 Å². The van der Waals surface area contributed by atoms with Crippen molar-refractivity contribution in [3.63, 3.8) is 0 Å². The molecule has 1 saturated carbocycles. The fourth-order valence-electron chi connectivity index (χ4n) is 3.11. The maximum atomic E-state index is 12.0. The third kappa shape index (κ3) is 5.58. The van der Waals surface area contributed by atoms with Crippen molar-refractivity contribution in [2.24, 2.45) is 5.92 Å². The average Bonchev–Trinajstić information content (AvgIpc) is 2.91. The standard InChI is InChI=1S/C17H25NO5S/c1-12(17(20)18-9-10-24(21,22)23)14-7-5-13(6-8-14)11-15-3-2-4-16(15)19/h5-8,12,15-16,19H,2-4,9-11H2,1H3,(H,18,20)(H,21,22,23). The molecule has 0 aliphatic heterocycles. The van der Waals surface area contributed by atoms with Crippen LogP contribution in [0.15, 0.2) is 24.3 Å². The number of hydrogen-bond acceptors (Lipinski definition) is 4. The normalized spacial score (nSPS) is 22.3. The van der Waals surface area contributed by atoms with E-state index in [1.807, 2.05) is 24.3 Å². The summed E-state index contributed by atoms with van der Waals surface area (Å²) in [5.74, 6) is -0.860. The molecule has 0 bridgehead atoms. The molecule has 0 heterocycles. The van der Waals surface area contributed by atoms with Crippen LogP contribution < -0.4 is 5.32 Å². The molecule has 7 heteroatoms. The Balaban J connectivity index is 1.88. The SMILES string of the molecule is CC(C(=O)NCCS(=O)(=O)O)c1ccc(CC2CCCC2O)cc1. The zero-order chi connectivity index (χ0) is 17.7. The van der Waals surface area contributed by atoms with Gasteiger partial charge in [-0.15, -0.1) is 0 Å². The van der Waals surface area contributed by atoms with Crippen LogP contribution >= 0.6 is 0 Å². The molecule has 3 atom stereocenters. The van der Waals surface area contributed by atoms with Crippen molar-refractivity contribution in [1.29, 1.82) is 0 Å². The van der Waals surface area contributed by atoms with Gasteiger partial charge in [0.2, 0.25) is 5.91 Å². The van der Waals surface area contributed by atoms with Gasteiger partial charge in [0, 0.05) is 6.54 Å². The minimum absolute atomic E-state index is 0.111. The monoisotopic (exact) mass is 355 g/mol. The summed E-state index contributed by atoms with van der Waals surface area (Å²) in [6.45, 7) is 1.64. The predicted octanol–water partition coefficient (Wildman–Crippen LogP) is 1.50. The number of carbonyl (C=O) groups excluding carboxylic acids is 1. The van der Waals surface area contributed by atoms with Crippen molar-refractivity contribution in [3.05, 3.63) is 35.4 Å². The first-order valence-electron chi connectivity index (χ1n) is 8.26. The second kappa shape index (κ2) is 8.09. The molecular formula is C17H25NO5S. The number of rotatable bonds is 7. The lowest BCUT2D eigenvalue weighted by molar-refractivity contribution is -0.122. The zero-order valence-electron chi connectivity index (χ0n) is 13.8. The van der Waals surface area contributed by atoms with Gasteiger partial charge in [0.15, 0.2) is 0 Å². The van der Waals surface area contributed by atoms with E-state index in [1.54, 1.807) is 6.92 Å². The van der Waals surface area contributed by atoms with Crippen molar-refractivity contribution >= 4 is 16.0 Å². The minimum Gasteiger partial charge on any atom is -0.393 e. The molecule has 1 amide bonds. The molecule has 1 aromatic rings. The Labute approximate surface area is 143 Å². The summed E-state index contributed by atoms with van der Waals surface area (Å²) in [5.41, 5.74) is 1.98. The Hall–Kier alpha value is -1.44. The van der Waals surface area contributed by atoms with Crippen LogP contribution in [0, 0.1) is 5.92 Å². The van der Waals surface area contributed by atoms with Gasteiger partial charge >= 0.3 is 0 Å². The summed E-state index contributed by atoms with van der Waals surface area (Å²) in [6, 6.07) is 7.73. The van der Waals surface area contributed by atoms with Crippen molar-refractivity contribution < 1.29 is 22.9 Å². The molecule has 1 fully saturated rings. The van der Waals surface area contributed by atoms with Crippen molar-refractivity contribution in [3.8, 4) is 0 Å². The maximum absolute atomic E-state index is 12.0. The number of amides is 1. The first-order chi connectivity index (χ1) is 11.3. The van der Waals surface area contributed by atoms with E-state index >= 15 is 0 Å². The van der Waals surface area contributed by atoms with E-state index < -0.39 is 21.8 Å². The van der Waals surface area contributed by atoms with Crippen LogP contribution in [0.4, 0.5) is 0 Å². The van der Waals surface area contributed by atoms with Crippen LogP contribution in [0.2, 0.25) is 0 Å². The van der Waals surface area contributed by atoms with Crippen LogP contribution in [0.1, 0.15) is 43.2 Å². The third-order valence-corrected chi connectivity index (χ3v) is 5.37. The van der Waals surface area contributed by atoms with Gasteiger partial charge in [0.25, 0.3) is 10.1 Å². The molecule has 0 spiro atoms. The highest BCUT2D eigenvalue weighted by Gasteiger charge is 2.25. The van der Waals surface area contributed by atoms with Crippen LogP contribution in [0.25, 0.3) is 0 Å². The lowest BCUT2D eigenvalue weighted by Gasteiger charge is -2.16. The average molecular weight is 355 g/mol. The first-order valence-corrected chi connectivity index (χ1v) is 9.87. The number of hydrogen-bond donors (Lipinski definition) is 3. The van der Waals surface area contributed by atoms with Crippen molar-refractivity contribution in [1.82, 2.24) is 5.32 Å². The maximum Gasteiger partial charge on any atom is 0.266 e. The smallest absolute Gasteiger partial charge is 0.266 e. The number of carbonyl (C=O) groups is 1. The summed E-state index contributed by atoms with van der Waals surface area (Å²) in [5, 5.41) is 12.4. The highest BCUT2D eigenvalue weighted by molar-refractivity contribution is 7.85. The third-order valence-electron chi connectivity index (χ3n) is 4.65. The first kappa shape index (κ1) is 18.9. The predicted molar refractivity (Wildman–Crippen MR) is 91.3 cm³/mol. The topological polar surface area (TPSA) is 104 Å². The van der Waals surface area contributed by atoms with Gasteiger partial charge in [0.1, 0.15) is 0 Å². The molecule has 0 aromatic heterocycles. The largest absolute Gasteiger partial charge is 0.393 e. The van der Waals surface area contributed by atoms with Crippen LogP contribution in [-0.2, 0) is 21.3 Å². The number of aliphatic hydroxyl groups excluding tert-OH is 1. The molecule has 1 aromatic carbocycles. The second-order valence-corrected chi connectivity index (χ2v) is 8.07. The van der Waals surface area contributed by atoms with Gasteiger partial charge in [0.05, 0.1) is 17.8 Å².